The van der Waals surface area contributed by atoms with Gasteiger partial charge in [-0.1, -0.05) is 78.9 Å². The highest BCUT2D eigenvalue weighted by molar-refractivity contribution is 6.00. The maximum absolute atomic E-state index is 9.85. The van der Waals surface area contributed by atoms with Crippen LogP contribution >= 0.6 is 0 Å². The predicted octanol–water partition coefficient (Wildman–Crippen LogP) is 8.48. The summed E-state index contributed by atoms with van der Waals surface area (Å²) in [5.41, 5.74) is 5.83. The van der Waals surface area contributed by atoms with Crippen LogP contribution in [0.15, 0.2) is 103 Å². The first-order valence-electron chi connectivity index (χ1n) is 15.7. The fraction of sp³-hybridized carbons (Fsp3) is 0.263. The number of H-pyrrole nitrogens is 2. The molecular weight excluding hydrogens is 542 g/mol. The number of nitrogens with one attached hydrogen (secondary N) is 4. The fourth-order valence-corrected chi connectivity index (χ4v) is 7.00. The highest BCUT2D eigenvalue weighted by atomic mass is 16.5. The van der Waals surface area contributed by atoms with Gasteiger partial charge >= 0.3 is 0 Å². The number of para-hydroxylation sites is 2. The van der Waals surface area contributed by atoms with Crippen molar-refractivity contribution in [1.82, 2.24) is 14.9 Å². The zero-order valence-corrected chi connectivity index (χ0v) is 25.0. The van der Waals surface area contributed by atoms with Crippen LogP contribution in [-0.4, -0.2) is 39.8 Å². The minimum atomic E-state index is -0.0264. The van der Waals surface area contributed by atoms with Crippen LogP contribution in [0.2, 0.25) is 0 Å². The van der Waals surface area contributed by atoms with Crippen LogP contribution < -0.4 is 0 Å². The number of nitrogens with zero attached hydrogens (tertiary/aromatic N) is 1. The summed E-state index contributed by atoms with van der Waals surface area (Å²) in [4.78, 5) is 8.83. The standard InChI is InChI=1S/C38H39N5O/c39-37(17-16-28-23-41-35-14-5-3-12-32(28)35)43(25-29-10-7-9-26-8-1-2-11-31(26)29)38(40)34(27-18-20-44-21-19-27)22-30-24-42-36-15-6-4-13-33(30)36/h1-15,23-24,27,34,39-42H,16-22,25H2/t34-/m0/s1. The predicted molar refractivity (Wildman–Crippen MR) is 181 cm³/mol. The molecule has 0 spiro atoms. The number of benzene rings is 4. The molecule has 2 aromatic heterocycles. The molecule has 1 fully saturated rings. The van der Waals surface area contributed by atoms with E-state index in [-0.39, 0.29) is 5.92 Å². The van der Waals surface area contributed by atoms with Gasteiger partial charge in [-0.05, 0) is 71.2 Å². The van der Waals surface area contributed by atoms with Crippen LogP contribution in [0.4, 0.5) is 0 Å². The smallest absolute Gasteiger partial charge is 0.105 e. The van der Waals surface area contributed by atoms with E-state index in [2.05, 4.69) is 107 Å². The molecule has 0 radical (unpaired) electrons. The number of rotatable bonds is 9. The number of hydrogen-bond acceptors (Lipinski definition) is 3. The highest BCUT2D eigenvalue weighted by Crippen LogP contribution is 2.33. The quantitative estimate of drug-likeness (QED) is 0.102. The molecule has 1 saturated heterocycles. The van der Waals surface area contributed by atoms with Crippen LogP contribution in [-0.2, 0) is 24.1 Å². The van der Waals surface area contributed by atoms with E-state index in [0.717, 1.165) is 55.5 Å². The van der Waals surface area contributed by atoms with E-state index in [1.807, 2.05) is 11.0 Å². The lowest BCUT2D eigenvalue weighted by Gasteiger charge is -2.36. The first-order chi connectivity index (χ1) is 21.7. The summed E-state index contributed by atoms with van der Waals surface area (Å²) >= 11 is 0. The number of hydrogen-bond donors (Lipinski definition) is 4. The minimum absolute atomic E-state index is 0.0264. The molecular formula is C38H39N5O. The monoisotopic (exact) mass is 581 g/mol. The maximum atomic E-state index is 9.85. The van der Waals surface area contributed by atoms with Crippen molar-refractivity contribution >= 4 is 44.2 Å². The summed E-state index contributed by atoms with van der Waals surface area (Å²) in [5, 5.41) is 24.1. The first-order valence-corrected chi connectivity index (χ1v) is 15.7. The normalized spacial score (nSPS) is 14.7. The molecule has 44 heavy (non-hydrogen) atoms. The zero-order chi connectivity index (χ0) is 29.9. The molecule has 7 rings (SSSR count). The van der Waals surface area contributed by atoms with Crippen molar-refractivity contribution in [1.29, 1.82) is 10.8 Å². The lowest BCUT2D eigenvalue weighted by Crippen LogP contribution is -2.44. The van der Waals surface area contributed by atoms with Crippen molar-refractivity contribution < 1.29 is 4.74 Å². The van der Waals surface area contributed by atoms with Crippen molar-refractivity contribution in [3.05, 3.63) is 120 Å². The van der Waals surface area contributed by atoms with Gasteiger partial charge in [0.1, 0.15) is 11.7 Å². The van der Waals surface area contributed by atoms with Gasteiger partial charge in [0, 0.05) is 59.8 Å². The fourth-order valence-electron chi connectivity index (χ4n) is 7.00. The van der Waals surface area contributed by atoms with Gasteiger partial charge in [0.05, 0.1) is 6.54 Å². The maximum Gasteiger partial charge on any atom is 0.105 e. The Morgan fingerprint density at radius 3 is 2.09 bits per heavy atom. The van der Waals surface area contributed by atoms with Gasteiger partial charge in [-0.25, -0.2) is 0 Å². The van der Waals surface area contributed by atoms with Gasteiger partial charge in [-0.2, -0.15) is 0 Å². The van der Waals surface area contributed by atoms with Crippen LogP contribution in [0.1, 0.15) is 36.0 Å². The molecule has 6 nitrogen and oxygen atoms in total. The lowest BCUT2D eigenvalue weighted by atomic mass is 9.80. The van der Waals surface area contributed by atoms with Gasteiger partial charge in [-0.3, -0.25) is 10.8 Å². The average molecular weight is 582 g/mol. The summed E-state index contributed by atoms with van der Waals surface area (Å²) in [6, 6.07) is 31.6. The second-order valence-corrected chi connectivity index (χ2v) is 12.0. The molecule has 4 N–H and O–H groups in total. The molecule has 1 atom stereocenters. The van der Waals surface area contributed by atoms with Crippen LogP contribution in [0.3, 0.4) is 0 Å². The van der Waals surface area contributed by atoms with Crippen molar-refractivity contribution in [2.45, 2.75) is 38.6 Å². The van der Waals surface area contributed by atoms with E-state index in [1.54, 1.807) is 0 Å². The van der Waals surface area contributed by atoms with Crippen LogP contribution in [0.25, 0.3) is 32.6 Å². The Labute approximate surface area is 258 Å². The van der Waals surface area contributed by atoms with E-state index in [0.29, 0.717) is 30.6 Å². The third-order valence-electron chi connectivity index (χ3n) is 9.43. The minimum Gasteiger partial charge on any atom is -0.381 e. The Hall–Kier alpha value is -4.68. The Kier molecular flexibility index (Phi) is 7.99. The Balaban J connectivity index is 1.23. The largest absolute Gasteiger partial charge is 0.381 e. The molecule has 0 saturated carbocycles. The van der Waals surface area contributed by atoms with Crippen molar-refractivity contribution in [3.8, 4) is 0 Å². The molecule has 1 aliphatic rings. The molecule has 0 bridgehead atoms. The SMILES string of the molecule is N=C(CCc1c[nH]c2ccccc12)N(Cc1cccc2ccccc12)C(=N)[C@@H](Cc1c[nH]c2ccccc12)C1CCOCC1. The number of ether oxygens (including phenoxy) is 1. The lowest BCUT2D eigenvalue weighted by molar-refractivity contribution is 0.0550. The van der Waals surface area contributed by atoms with E-state index in [1.165, 1.54) is 32.7 Å². The molecule has 1 aliphatic heterocycles. The molecule has 0 aliphatic carbocycles. The molecule has 6 heteroatoms. The van der Waals surface area contributed by atoms with Gasteiger partial charge in [0.2, 0.25) is 0 Å². The van der Waals surface area contributed by atoms with Gasteiger partial charge in [0.25, 0.3) is 0 Å². The molecule has 4 aromatic carbocycles. The van der Waals surface area contributed by atoms with E-state index in [4.69, 9.17) is 4.74 Å². The number of fused-ring (bicyclic) bond motifs is 3. The second kappa shape index (κ2) is 12.5. The summed E-state index contributed by atoms with van der Waals surface area (Å²) in [7, 11) is 0. The topological polar surface area (TPSA) is 91.8 Å². The molecule has 6 aromatic rings. The van der Waals surface area contributed by atoms with E-state index >= 15 is 0 Å². The summed E-state index contributed by atoms with van der Waals surface area (Å²) < 4.78 is 5.77. The Morgan fingerprint density at radius 1 is 0.727 bits per heavy atom. The van der Waals surface area contributed by atoms with Crippen molar-refractivity contribution in [3.63, 3.8) is 0 Å². The zero-order valence-electron chi connectivity index (χ0n) is 25.0. The van der Waals surface area contributed by atoms with Crippen molar-refractivity contribution in [2.24, 2.45) is 11.8 Å². The van der Waals surface area contributed by atoms with E-state index in [9.17, 15) is 10.8 Å². The molecule has 222 valence electrons. The Bertz CT molecular complexity index is 1920. The second-order valence-electron chi connectivity index (χ2n) is 12.0. The van der Waals surface area contributed by atoms with Gasteiger partial charge < -0.3 is 19.6 Å². The third-order valence-corrected chi connectivity index (χ3v) is 9.43. The van der Waals surface area contributed by atoms with E-state index < -0.39 is 0 Å². The Morgan fingerprint density at radius 2 is 1.34 bits per heavy atom. The van der Waals surface area contributed by atoms with Crippen LogP contribution in [0, 0.1) is 22.7 Å². The van der Waals surface area contributed by atoms with Gasteiger partial charge in [-0.15, -0.1) is 0 Å². The number of aromatic nitrogens is 2. The highest BCUT2D eigenvalue weighted by Gasteiger charge is 2.33. The summed E-state index contributed by atoms with van der Waals surface area (Å²) in [6.07, 6.45) is 8.10. The molecule has 0 amide bonds. The molecule has 0 unspecified atom stereocenters. The molecule has 3 heterocycles. The van der Waals surface area contributed by atoms with Crippen LogP contribution in [0.5, 0.6) is 0 Å². The third kappa shape index (κ3) is 5.65. The van der Waals surface area contributed by atoms with Crippen molar-refractivity contribution in [2.75, 3.05) is 13.2 Å². The first kappa shape index (κ1) is 28.1. The number of amidine groups is 2. The summed E-state index contributed by atoms with van der Waals surface area (Å²) in [6.45, 7) is 1.95. The summed E-state index contributed by atoms with van der Waals surface area (Å²) in [5.74, 6) is 1.33. The number of aromatic amines is 2. The number of aryl methyl sites for hydroxylation is 1. The van der Waals surface area contributed by atoms with Gasteiger partial charge in [0.15, 0.2) is 0 Å². The average Bonchev–Trinajstić information content (AvgIpc) is 3.69.